The fourth-order valence-corrected chi connectivity index (χ4v) is 5.04. The summed E-state index contributed by atoms with van der Waals surface area (Å²) >= 11 is 0. The van der Waals surface area contributed by atoms with Crippen molar-refractivity contribution in [2.45, 2.75) is 13.5 Å². The molecule has 10 heteroatoms. The summed E-state index contributed by atoms with van der Waals surface area (Å²) in [6.45, 7) is 10.4. The minimum Gasteiger partial charge on any atom is -0.369 e. The molecule has 38 heavy (non-hydrogen) atoms. The van der Waals surface area contributed by atoms with Gasteiger partial charge in [0, 0.05) is 61.9 Å². The lowest BCUT2D eigenvalue weighted by molar-refractivity contribution is 0.313. The fraction of sp³-hybridized carbons (Fsp3) is 0.286. The van der Waals surface area contributed by atoms with E-state index in [0.29, 0.717) is 23.5 Å². The summed E-state index contributed by atoms with van der Waals surface area (Å²) in [4.78, 5) is 27.2. The summed E-state index contributed by atoms with van der Waals surface area (Å²) in [6, 6.07) is 14.3. The number of hydrogen-bond donors (Lipinski definition) is 1. The number of aryl methyl sites for hydroxylation is 2. The highest BCUT2D eigenvalue weighted by Crippen LogP contribution is 2.25. The number of nitrogens with one attached hydrogen (secondary N) is 1. The van der Waals surface area contributed by atoms with Crippen LogP contribution in [0.2, 0.25) is 0 Å². The van der Waals surface area contributed by atoms with E-state index in [9.17, 15) is 4.79 Å². The van der Waals surface area contributed by atoms with Gasteiger partial charge in [-0.25, -0.2) is 14.3 Å². The number of benzene rings is 2. The summed E-state index contributed by atoms with van der Waals surface area (Å²) in [5, 5.41) is 9.44. The van der Waals surface area contributed by atoms with Gasteiger partial charge in [-0.05, 0) is 56.4 Å². The average Bonchev–Trinajstić information content (AvgIpc) is 3.36. The molecular formula is C28H31N9O. The van der Waals surface area contributed by atoms with Crippen LogP contribution in [0, 0.1) is 6.92 Å². The van der Waals surface area contributed by atoms with Gasteiger partial charge in [-0.15, -0.1) is 6.58 Å². The van der Waals surface area contributed by atoms with Crippen LogP contribution in [0.5, 0.6) is 0 Å². The predicted octanol–water partition coefficient (Wildman–Crippen LogP) is 3.46. The molecule has 10 nitrogen and oxygen atoms in total. The van der Waals surface area contributed by atoms with Crippen molar-refractivity contribution in [1.29, 1.82) is 0 Å². The van der Waals surface area contributed by atoms with Gasteiger partial charge < -0.3 is 15.1 Å². The lowest BCUT2D eigenvalue weighted by Crippen LogP contribution is -2.44. The first-order valence-electron chi connectivity index (χ1n) is 12.8. The second kappa shape index (κ2) is 9.46. The van der Waals surface area contributed by atoms with Crippen molar-refractivity contribution in [3.63, 3.8) is 0 Å². The molecular weight excluding hydrogens is 478 g/mol. The van der Waals surface area contributed by atoms with Crippen LogP contribution in [-0.2, 0) is 13.6 Å². The summed E-state index contributed by atoms with van der Waals surface area (Å²) in [7, 11) is 4.08. The molecule has 0 atom stereocenters. The van der Waals surface area contributed by atoms with E-state index in [-0.39, 0.29) is 5.56 Å². The van der Waals surface area contributed by atoms with E-state index in [1.54, 1.807) is 17.0 Å². The van der Waals surface area contributed by atoms with E-state index in [4.69, 9.17) is 4.98 Å². The Balaban J connectivity index is 1.36. The van der Waals surface area contributed by atoms with Gasteiger partial charge in [0.05, 0.1) is 17.7 Å². The number of aromatic nitrogens is 6. The Morgan fingerprint density at radius 1 is 1.00 bits per heavy atom. The van der Waals surface area contributed by atoms with Crippen molar-refractivity contribution >= 4 is 39.3 Å². The van der Waals surface area contributed by atoms with Gasteiger partial charge in [0.2, 0.25) is 5.95 Å². The summed E-state index contributed by atoms with van der Waals surface area (Å²) in [5.41, 5.74) is 5.18. The second-order valence-electron chi connectivity index (χ2n) is 9.79. The van der Waals surface area contributed by atoms with Crippen LogP contribution in [0.4, 0.5) is 17.3 Å². The molecule has 0 radical (unpaired) electrons. The van der Waals surface area contributed by atoms with E-state index in [0.717, 1.165) is 54.2 Å². The maximum Gasteiger partial charge on any atom is 0.278 e. The molecule has 0 unspecified atom stereocenters. The molecule has 1 N–H and O–H groups in total. The molecule has 3 aromatic heterocycles. The standard InChI is InChI=1S/C28H31N9O/c1-5-12-36-27(38)24-18-29-28(30-20-6-8-21(9-7-20)35-15-13-33(3)14-16-35)31-26(24)37(36)22-10-11-23-19(2)34(4)32-25(23)17-22/h5-11,17-18H,1,12-16H2,2-4H3,(H,29,30,31). The van der Waals surface area contributed by atoms with Gasteiger partial charge in [-0.2, -0.15) is 10.1 Å². The van der Waals surface area contributed by atoms with Crippen molar-refractivity contribution in [1.82, 2.24) is 34.0 Å². The molecule has 194 valence electrons. The van der Waals surface area contributed by atoms with Crippen molar-refractivity contribution < 1.29 is 0 Å². The van der Waals surface area contributed by atoms with Crippen LogP contribution in [0.25, 0.3) is 27.6 Å². The Morgan fingerprint density at radius 3 is 2.47 bits per heavy atom. The number of rotatable bonds is 6. The molecule has 1 saturated heterocycles. The van der Waals surface area contributed by atoms with Crippen LogP contribution >= 0.6 is 0 Å². The first kappa shape index (κ1) is 23.9. The quantitative estimate of drug-likeness (QED) is 0.351. The van der Waals surface area contributed by atoms with Crippen molar-refractivity contribution in [3.8, 4) is 5.69 Å². The fourth-order valence-electron chi connectivity index (χ4n) is 5.04. The predicted molar refractivity (Wildman–Crippen MR) is 152 cm³/mol. The lowest BCUT2D eigenvalue weighted by atomic mass is 10.2. The summed E-state index contributed by atoms with van der Waals surface area (Å²) in [6.07, 6.45) is 3.29. The molecule has 1 aliphatic heterocycles. The molecule has 0 aliphatic carbocycles. The van der Waals surface area contributed by atoms with Crippen LogP contribution in [0.15, 0.2) is 66.1 Å². The molecule has 0 saturated carbocycles. The molecule has 5 aromatic rings. The molecule has 1 fully saturated rings. The third-order valence-corrected chi connectivity index (χ3v) is 7.33. The number of piperazine rings is 1. The second-order valence-corrected chi connectivity index (χ2v) is 9.79. The van der Waals surface area contributed by atoms with Crippen molar-refractivity contribution in [3.05, 3.63) is 77.4 Å². The van der Waals surface area contributed by atoms with Crippen LogP contribution < -0.4 is 15.8 Å². The zero-order chi connectivity index (χ0) is 26.4. The number of allylic oxidation sites excluding steroid dienone is 1. The van der Waals surface area contributed by atoms with E-state index >= 15 is 0 Å². The maximum atomic E-state index is 13.3. The Hall–Kier alpha value is -4.44. The average molecular weight is 510 g/mol. The number of fused-ring (bicyclic) bond motifs is 2. The molecule has 0 spiro atoms. The van der Waals surface area contributed by atoms with Gasteiger partial charge in [0.25, 0.3) is 5.56 Å². The van der Waals surface area contributed by atoms with E-state index < -0.39 is 0 Å². The highest BCUT2D eigenvalue weighted by Gasteiger charge is 2.18. The molecule has 0 amide bonds. The largest absolute Gasteiger partial charge is 0.369 e. The number of anilines is 3. The van der Waals surface area contributed by atoms with Crippen molar-refractivity contribution in [2.75, 3.05) is 43.4 Å². The van der Waals surface area contributed by atoms with Crippen LogP contribution in [0.1, 0.15) is 5.69 Å². The minimum absolute atomic E-state index is 0.166. The zero-order valence-electron chi connectivity index (χ0n) is 21.9. The smallest absolute Gasteiger partial charge is 0.278 e. The Bertz CT molecular complexity index is 1700. The topological polar surface area (TPSA) is 89.0 Å². The first-order valence-corrected chi connectivity index (χ1v) is 12.8. The minimum atomic E-state index is -0.166. The summed E-state index contributed by atoms with van der Waals surface area (Å²) in [5.74, 6) is 0.420. The molecule has 0 bridgehead atoms. The number of hydrogen-bond acceptors (Lipinski definition) is 7. The first-order chi connectivity index (χ1) is 18.4. The third-order valence-electron chi connectivity index (χ3n) is 7.33. The van der Waals surface area contributed by atoms with Crippen LogP contribution in [-0.4, -0.2) is 67.2 Å². The Morgan fingerprint density at radius 2 is 1.74 bits per heavy atom. The zero-order valence-corrected chi connectivity index (χ0v) is 21.9. The van der Waals surface area contributed by atoms with Gasteiger partial charge >= 0.3 is 0 Å². The van der Waals surface area contributed by atoms with Gasteiger partial charge in [-0.3, -0.25) is 9.48 Å². The Kier molecular flexibility index (Phi) is 5.96. The number of likely N-dealkylation sites (N-methyl/N-ethyl adjacent to an activating group) is 1. The highest BCUT2D eigenvalue weighted by molar-refractivity contribution is 5.84. The van der Waals surface area contributed by atoms with Gasteiger partial charge in [0.1, 0.15) is 5.39 Å². The van der Waals surface area contributed by atoms with E-state index in [1.807, 2.05) is 53.7 Å². The van der Waals surface area contributed by atoms with Gasteiger partial charge in [0.15, 0.2) is 5.65 Å². The summed E-state index contributed by atoms with van der Waals surface area (Å²) < 4.78 is 5.31. The monoisotopic (exact) mass is 509 g/mol. The van der Waals surface area contributed by atoms with Gasteiger partial charge in [-0.1, -0.05) is 6.08 Å². The maximum absolute atomic E-state index is 13.3. The lowest BCUT2D eigenvalue weighted by Gasteiger charge is -2.34. The molecule has 2 aromatic carbocycles. The molecule has 6 rings (SSSR count). The normalized spacial score (nSPS) is 14.4. The van der Waals surface area contributed by atoms with E-state index in [2.05, 4.69) is 51.0 Å². The number of nitrogens with zero attached hydrogens (tertiary/aromatic N) is 8. The van der Waals surface area contributed by atoms with Crippen LogP contribution in [0.3, 0.4) is 0 Å². The molecule has 1 aliphatic rings. The van der Waals surface area contributed by atoms with Crippen molar-refractivity contribution in [2.24, 2.45) is 7.05 Å². The van der Waals surface area contributed by atoms with E-state index in [1.165, 1.54) is 5.69 Å². The highest BCUT2D eigenvalue weighted by atomic mass is 16.1. The third kappa shape index (κ3) is 4.12. The molecule has 4 heterocycles. The Labute approximate surface area is 220 Å². The SMILES string of the molecule is C=CCn1c(=O)c2cnc(Nc3ccc(N4CCN(C)CC4)cc3)nc2n1-c1ccc2c(C)n(C)nc2c1.